The monoisotopic (exact) mass is 138 g/mol. The molecule has 0 unspecified atom stereocenters. The summed E-state index contributed by atoms with van der Waals surface area (Å²) >= 11 is 0. The molecule has 0 aliphatic carbocycles. The first-order chi connectivity index (χ1) is 4.88. The first-order valence-electron chi connectivity index (χ1n) is 3.49. The van der Waals surface area contributed by atoms with Crippen molar-refractivity contribution in [1.82, 2.24) is 15.4 Å². The molecule has 0 amide bonds. The third kappa shape index (κ3) is 0.683. The Balaban J connectivity index is 2.41. The number of rotatable bonds is 0. The number of H-pyrrole nitrogens is 1. The maximum absolute atomic E-state index is 4.03. The summed E-state index contributed by atoms with van der Waals surface area (Å²) < 4.78 is 0. The first-order valence-corrected chi connectivity index (χ1v) is 3.49. The molecule has 0 atom stereocenters. The first kappa shape index (κ1) is 5.70. The highest BCUT2D eigenvalue weighted by atomic mass is 15.4. The van der Waals surface area contributed by atoms with E-state index >= 15 is 0 Å². The lowest BCUT2D eigenvalue weighted by atomic mass is 10.1. The number of aryl methyl sites for hydroxylation is 1. The van der Waals surface area contributed by atoms with Crippen LogP contribution in [0.5, 0.6) is 0 Å². The van der Waals surface area contributed by atoms with E-state index in [9.17, 15) is 0 Å². The maximum atomic E-state index is 4.03. The van der Waals surface area contributed by atoms with Gasteiger partial charge in [-0.3, -0.25) is 0 Å². The fraction of sp³-hybridized carbons (Fsp3) is 0.667. The van der Waals surface area contributed by atoms with E-state index in [-0.39, 0.29) is 0 Å². The van der Waals surface area contributed by atoms with Crippen molar-refractivity contribution in [1.29, 1.82) is 0 Å². The van der Waals surface area contributed by atoms with Crippen molar-refractivity contribution < 1.29 is 0 Å². The normalized spacial score (nSPS) is 17.1. The molecule has 1 N–H and O–H groups in total. The average molecular weight is 138 g/mol. The van der Waals surface area contributed by atoms with Crippen LogP contribution in [-0.4, -0.2) is 29.0 Å². The summed E-state index contributed by atoms with van der Waals surface area (Å²) in [7, 11) is 2.04. The summed E-state index contributed by atoms with van der Waals surface area (Å²) in [5.74, 6) is 1.02. The van der Waals surface area contributed by atoms with Crippen LogP contribution in [0.25, 0.3) is 0 Å². The van der Waals surface area contributed by atoms with Crippen LogP contribution in [0.2, 0.25) is 0 Å². The zero-order valence-corrected chi connectivity index (χ0v) is 5.96. The summed E-state index contributed by atoms with van der Waals surface area (Å²) in [5, 5.41) is 10.7. The molecule has 1 aromatic heterocycles. The predicted molar refractivity (Wildman–Crippen MR) is 38.0 cm³/mol. The minimum Gasteiger partial charge on any atom is -0.357 e. The van der Waals surface area contributed by atoms with Gasteiger partial charge in [0.1, 0.15) is 5.69 Å². The van der Waals surface area contributed by atoms with Gasteiger partial charge in [0.2, 0.25) is 0 Å². The van der Waals surface area contributed by atoms with Gasteiger partial charge < -0.3 is 4.90 Å². The Morgan fingerprint density at radius 1 is 1.50 bits per heavy atom. The Morgan fingerprint density at radius 2 is 2.40 bits per heavy atom. The van der Waals surface area contributed by atoms with E-state index < -0.39 is 0 Å². The van der Waals surface area contributed by atoms with Crippen LogP contribution < -0.4 is 4.90 Å². The topological polar surface area (TPSA) is 44.8 Å². The van der Waals surface area contributed by atoms with Gasteiger partial charge >= 0.3 is 0 Å². The van der Waals surface area contributed by atoms with Gasteiger partial charge in [0.05, 0.1) is 0 Å². The van der Waals surface area contributed by atoms with E-state index in [1.54, 1.807) is 0 Å². The Morgan fingerprint density at radius 3 is 3.20 bits per heavy atom. The highest BCUT2D eigenvalue weighted by Crippen LogP contribution is 2.19. The largest absolute Gasteiger partial charge is 0.357 e. The minimum absolute atomic E-state index is 1.02. The quantitative estimate of drug-likeness (QED) is 0.556. The molecular formula is C6H10N4. The summed E-state index contributed by atoms with van der Waals surface area (Å²) in [4.78, 5) is 2.13. The van der Waals surface area contributed by atoms with E-state index in [1.165, 1.54) is 6.42 Å². The molecule has 54 valence electrons. The molecule has 0 fully saturated rings. The molecule has 0 radical (unpaired) electrons. The number of aromatic nitrogens is 3. The van der Waals surface area contributed by atoms with E-state index in [1.807, 2.05) is 7.05 Å². The summed E-state index contributed by atoms with van der Waals surface area (Å²) in [6, 6.07) is 0. The highest BCUT2D eigenvalue weighted by Gasteiger charge is 2.16. The molecule has 0 aromatic carbocycles. The molecule has 1 aliphatic rings. The fourth-order valence-electron chi connectivity index (χ4n) is 1.31. The van der Waals surface area contributed by atoms with Gasteiger partial charge in [-0.1, -0.05) is 0 Å². The van der Waals surface area contributed by atoms with Crippen molar-refractivity contribution in [3.05, 3.63) is 5.69 Å². The molecule has 0 saturated carbocycles. The number of fused-ring (bicyclic) bond motifs is 1. The Labute approximate surface area is 59.2 Å². The standard InChI is InChI=1S/C6H10N4/c1-10-4-2-3-5-6(10)8-9-7-5/h2-4H2,1H3,(H,7,8,9). The summed E-state index contributed by atoms with van der Waals surface area (Å²) in [6.45, 7) is 1.10. The number of nitrogens with one attached hydrogen (secondary N) is 1. The molecular weight excluding hydrogens is 128 g/mol. The third-order valence-corrected chi connectivity index (χ3v) is 1.87. The number of hydrogen-bond acceptors (Lipinski definition) is 3. The van der Waals surface area contributed by atoms with Gasteiger partial charge in [-0.2, -0.15) is 10.3 Å². The zero-order valence-electron chi connectivity index (χ0n) is 5.96. The van der Waals surface area contributed by atoms with Crippen LogP contribution >= 0.6 is 0 Å². The van der Waals surface area contributed by atoms with E-state index in [2.05, 4.69) is 20.3 Å². The molecule has 10 heavy (non-hydrogen) atoms. The second kappa shape index (κ2) is 1.97. The van der Waals surface area contributed by atoms with Crippen LogP contribution in [0, 0.1) is 0 Å². The van der Waals surface area contributed by atoms with Gasteiger partial charge in [-0.25, -0.2) is 0 Å². The van der Waals surface area contributed by atoms with Gasteiger partial charge in [-0.15, -0.1) is 5.10 Å². The lowest BCUT2D eigenvalue weighted by Crippen LogP contribution is -2.24. The predicted octanol–water partition coefficient (Wildman–Crippen LogP) is 0.187. The van der Waals surface area contributed by atoms with E-state index in [0.717, 1.165) is 24.5 Å². The molecule has 4 nitrogen and oxygen atoms in total. The van der Waals surface area contributed by atoms with Gasteiger partial charge in [0.25, 0.3) is 0 Å². The molecule has 0 spiro atoms. The SMILES string of the molecule is CN1CCCc2n[nH]nc21. The number of aromatic amines is 1. The van der Waals surface area contributed by atoms with Crippen LogP contribution in [-0.2, 0) is 6.42 Å². The molecule has 4 heteroatoms. The minimum atomic E-state index is 1.02. The lowest BCUT2D eigenvalue weighted by molar-refractivity contribution is 0.726. The molecule has 2 heterocycles. The van der Waals surface area contributed by atoms with Gasteiger partial charge in [-0.05, 0) is 12.8 Å². The molecule has 0 bridgehead atoms. The van der Waals surface area contributed by atoms with Crippen LogP contribution in [0.4, 0.5) is 5.82 Å². The Bertz CT molecular complexity index is 229. The molecule has 2 rings (SSSR count). The number of nitrogens with zero attached hydrogens (tertiary/aromatic N) is 3. The molecule has 1 aliphatic heterocycles. The van der Waals surface area contributed by atoms with Crippen molar-refractivity contribution in [3.8, 4) is 0 Å². The smallest absolute Gasteiger partial charge is 0.173 e. The summed E-state index contributed by atoms with van der Waals surface area (Å²) in [6.07, 6.45) is 2.26. The van der Waals surface area contributed by atoms with Crippen molar-refractivity contribution >= 4 is 5.82 Å². The zero-order chi connectivity index (χ0) is 6.97. The van der Waals surface area contributed by atoms with E-state index in [0.29, 0.717) is 0 Å². The number of hydrogen-bond donors (Lipinski definition) is 1. The lowest BCUT2D eigenvalue weighted by Gasteiger charge is -2.20. The van der Waals surface area contributed by atoms with Crippen molar-refractivity contribution in [2.75, 3.05) is 18.5 Å². The van der Waals surface area contributed by atoms with E-state index in [4.69, 9.17) is 0 Å². The fourth-order valence-corrected chi connectivity index (χ4v) is 1.31. The Kier molecular flexibility index (Phi) is 1.12. The second-order valence-electron chi connectivity index (χ2n) is 2.62. The summed E-state index contributed by atoms with van der Waals surface area (Å²) in [5.41, 5.74) is 1.11. The molecule has 0 saturated heterocycles. The van der Waals surface area contributed by atoms with Crippen LogP contribution in [0.15, 0.2) is 0 Å². The number of anilines is 1. The third-order valence-electron chi connectivity index (χ3n) is 1.87. The van der Waals surface area contributed by atoms with Crippen LogP contribution in [0.3, 0.4) is 0 Å². The highest BCUT2D eigenvalue weighted by molar-refractivity contribution is 5.43. The average Bonchev–Trinajstić information content (AvgIpc) is 2.36. The van der Waals surface area contributed by atoms with Crippen molar-refractivity contribution in [2.24, 2.45) is 0 Å². The second-order valence-corrected chi connectivity index (χ2v) is 2.62. The Hall–Kier alpha value is -1.06. The van der Waals surface area contributed by atoms with Gasteiger partial charge in [0.15, 0.2) is 5.82 Å². The van der Waals surface area contributed by atoms with Gasteiger partial charge in [0, 0.05) is 13.6 Å². The van der Waals surface area contributed by atoms with Crippen molar-refractivity contribution in [3.63, 3.8) is 0 Å². The molecule has 1 aromatic rings. The van der Waals surface area contributed by atoms with Crippen molar-refractivity contribution in [2.45, 2.75) is 12.8 Å². The maximum Gasteiger partial charge on any atom is 0.173 e. The van der Waals surface area contributed by atoms with Crippen LogP contribution in [0.1, 0.15) is 12.1 Å².